The number of esters is 1. The van der Waals surface area contributed by atoms with E-state index in [1.54, 1.807) is 18.2 Å². The van der Waals surface area contributed by atoms with Crippen molar-refractivity contribution in [2.75, 3.05) is 13.1 Å². The monoisotopic (exact) mass is 559 g/mol. The molecule has 11 heteroatoms. The first-order valence-electron chi connectivity index (χ1n) is 12.1. The maximum Gasteiger partial charge on any atom is 0.437 e. The van der Waals surface area contributed by atoms with Gasteiger partial charge >= 0.3 is 17.9 Å². The Morgan fingerprint density at radius 3 is 2.31 bits per heavy atom. The van der Waals surface area contributed by atoms with Crippen molar-refractivity contribution in [1.82, 2.24) is 14.7 Å². The molecule has 39 heavy (non-hydrogen) atoms. The summed E-state index contributed by atoms with van der Waals surface area (Å²) in [6, 6.07) is 15.8. The lowest BCUT2D eigenvalue weighted by Gasteiger charge is -2.18. The van der Waals surface area contributed by atoms with E-state index in [0.29, 0.717) is 16.1 Å². The second kappa shape index (κ2) is 11.9. The Hall–Kier alpha value is -3.89. The molecule has 0 atom stereocenters. The summed E-state index contributed by atoms with van der Waals surface area (Å²) in [6.07, 6.45) is -4.49. The second-order valence-corrected chi connectivity index (χ2v) is 9.14. The predicted octanol–water partition coefficient (Wildman–Crippen LogP) is 6.28. The Morgan fingerprint density at radius 1 is 1.03 bits per heavy atom. The van der Waals surface area contributed by atoms with Crippen LogP contribution in [0.25, 0.3) is 11.5 Å². The van der Waals surface area contributed by atoms with Gasteiger partial charge in [0.05, 0.1) is 17.7 Å². The summed E-state index contributed by atoms with van der Waals surface area (Å²) < 4.78 is 50.3. The average molecular weight is 560 g/mol. The van der Waals surface area contributed by atoms with E-state index in [2.05, 4.69) is 23.8 Å². The molecule has 0 bridgehead atoms. The van der Waals surface area contributed by atoms with Crippen molar-refractivity contribution in [3.05, 3.63) is 105 Å². The molecule has 0 radical (unpaired) electrons. The van der Waals surface area contributed by atoms with Gasteiger partial charge in [-0.2, -0.15) is 17.9 Å². The highest BCUT2D eigenvalue weighted by atomic mass is 35.5. The van der Waals surface area contributed by atoms with Crippen molar-refractivity contribution in [2.45, 2.75) is 33.1 Å². The quantitative estimate of drug-likeness (QED) is 0.177. The number of nitrogens with zero attached hydrogens (tertiary/aromatic N) is 3. The van der Waals surface area contributed by atoms with Gasteiger partial charge in [-0.3, -0.25) is 4.90 Å². The van der Waals surface area contributed by atoms with E-state index in [1.807, 2.05) is 12.1 Å². The third-order valence-corrected chi connectivity index (χ3v) is 6.34. The molecule has 7 nitrogen and oxygen atoms in total. The van der Waals surface area contributed by atoms with Gasteiger partial charge in [0, 0.05) is 22.7 Å². The summed E-state index contributed by atoms with van der Waals surface area (Å²) in [7, 11) is 0. The minimum absolute atomic E-state index is 0.154. The van der Waals surface area contributed by atoms with Gasteiger partial charge < -0.3 is 9.15 Å². The summed E-state index contributed by atoms with van der Waals surface area (Å²) in [4.78, 5) is 27.6. The number of benzene rings is 3. The topological polar surface area (TPSA) is 77.6 Å². The molecule has 0 spiro atoms. The van der Waals surface area contributed by atoms with Gasteiger partial charge in [0.1, 0.15) is 5.75 Å². The standard InChI is InChI=1S/C28H25ClF3N3O4/c1-3-34(4-2)16-18-5-7-20(8-6-18)26(36)38-24-14-13-23(29)15-21(24)17-35-27(37)39-25(33-35)19-9-11-22(12-10-19)28(30,31)32/h5-15H,3-4,16-17H2,1-2H3. The molecule has 0 aliphatic rings. The normalized spacial score (nSPS) is 11.7. The maximum absolute atomic E-state index is 12.9. The number of hydrogen-bond acceptors (Lipinski definition) is 6. The number of alkyl halides is 3. The molecule has 0 aliphatic heterocycles. The maximum atomic E-state index is 12.9. The first kappa shape index (κ1) is 28.1. The number of carbonyl (C=O) groups excluding carboxylic acids is 1. The Kier molecular flexibility index (Phi) is 8.57. The molecule has 0 saturated carbocycles. The van der Waals surface area contributed by atoms with E-state index in [0.717, 1.165) is 42.0 Å². The summed E-state index contributed by atoms with van der Waals surface area (Å²) >= 11 is 6.14. The lowest BCUT2D eigenvalue weighted by molar-refractivity contribution is -0.137. The number of halogens is 4. The van der Waals surface area contributed by atoms with Crippen LogP contribution in [0.3, 0.4) is 0 Å². The molecule has 0 amide bonds. The Morgan fingerprint density at radius 2 is 1.69 bits per heavy atom. The molecule has 4 aromatic rings. The van der Waals surface area contributed by atoms with Crippen LogP contribution in [-0.2, 0) is 19.3 Å². The lowest BCUT2D eigenvalue weighted by Crippen LogP contribution is -2.22. The van der Waals surface area contributed by atoms with Crippen molar-refractivity contribution in [3.63, 3.8) is 0 Å². The third-order valence-electron chi connectivity index (χ3n) is 6.10. The minimum atomic E-state index is -4.49. The first-order chi connectivity index (χ1) is 18.6. The summed E-state index contributed by atoms with van der Waals surface area (Å²) in [5, 5.41) is 4.43. The fraction of sp³-hybridized carbons (Fsp3) is 0.250. The average Bonchev–Trinajstić information content (AvgIpc) is 3.28. The molecular formula is C28H25ClF3N3O4. The van der Waals surface area contributed by atoms with Crippen LogP contribution >= 0.6 is 11.6 Å². The number of hydrogen-bond donors (Lipinski definition) is 0. The Labute approximate surface area is 227 Å². The van der Waals surface area contributed by atoms with E-state index < -0.39 is 23.5 Å². The van der Waals surface area contributed by atoms with Crippen molar-refractivity contribution in [3.8, 4) is 17.2 Å². The van der Waals surface area contributed by atoms with Crippen molar-refractivity contribution < 1.29 is 27.1 Å². The second-order valence-electron chi connectivity index (χ2n) is 8.71. The van der Waals surface area contributed by atoms with Crippen molar-refractivity contribution >= 4 is 17.6 Å². The molecule has 0 aliphatic carbocycles. The van der Waals surface area contributed by atoms with Crippen LogP contribution in [0.15, 0.2) is 75.9 Å². The van der Waals surface area contributed by atoms with Gasteiger partial charge in [-0.25, -0.2) is 9.59 Å². The van der Waals surface area contributed by atoms with Gasteiger partial charge in [-0.05, 0) is 73.3 Å². The van der Waals surface area contributed by atoms with Crippen LogP contribution in [-0.4, -0.2) is 33.7 Å². The number of rotatable bonds is 9. The van der Waals surface area contributed by atoms with E-state index in [1.165, 1.54) is 24.3 Å². The van der Waals surface area contributed by atoms with Crippen molar-refractivity contribution in [1.29, 1.82) is 0 Å². The van der Waals surface area contributed by atoms with Crippen LogP contribution in [0.4, 0.5) is 13.2 Å². The molecule has 0 fully saturated rings. The molecule has 0 N–H and O–H groups in total. The summed E-state index contributed by atoms with van der Waals surface area (Å²) in [5.41, 5.74) is 1.15. The molecule has 1 heterocycles. The summed E-state index contributed by atoms with van der Waals surface area (Å²) in [5.74, 6) is -1.42. The summed E-state index contributed by atoms with van der Waals surface area (Å²) in [6.45, 7) is 6.61. The lowest BCUT2D eigenvalue weighted by atomic mass is 10.1. The van der Waals surface area contributed by atoms with Gasteiger partial charge in [0.2, 0.25) is 5.89 Å². The van der Waals surface area contributed by atoms with Crippen LogP contribution in [0.2, 0.25) is 5.02 Å². The van der Waals surface area contributed by atoms with Gasteiger partial charge in [0.25, 0.3) is 0 Å². The van der Waals surface area contributed by atoms with Gasteiger partial charge in [-0.1, -0.05) is 37.6 Å². The number of ether oxygens (including phenoxy) is 1. The third kappa shape index (κ3) is 6.96. The minimum Gasteiger partial charge on any atom is -0.423 e. The number of carbonyl (C=O) groups is 1. The SMILES string of the molecule is CCN(CC)Cc1ccc(C(=O)Oc2ccc(Cl)cc2Cn2nc(-c3ccc(C(F)(F)F)cc3)oc2=O)cc1. The van der Waals surface area contributed by atoms with Crippen LogP contribution in [0, 0.1) is 0 Å². The Bertz CT molecular complexity index is 1490. The van der Waals surface area contributed by atoms with E-state index in [-0.39, 0.29) is 23.7 Å². The van der Waals surface area contributed by atoms with Gasteiger partial charge in [0.15, 0.2) is 0 Å². The molecule has 0 unspecified atom stereocenters. The van der Waals surface area contributed by atoms with Crippen molar-refractivity contribution in [2.24, 2.45) is 0 Å². The molecule has 204 valence electrons. The highest BCUT2D eigenvalue weighted by molar-refractivity contribution is 6.30. The molecule has 0 saturated heterocycles. The fourth-order valence-electron chi connectivity index (χ4n) is 3.87. The Balaban J connectivity index is 1.52. The highest BCUT2D eigenvalue weighted by Crippen LogP contribution is 2.30. The molecule has 3 aromatic carbocycles. The van der Waals surface area contributed by atoms with E-state index >= 15 is 0 Å². The molecule has 4 rings (SSSR count). The molecule has 1 aromatic heterocycles. The predicted molar refractivity (Wildman–Crippen MR) is 140 cm³/mol. The fourth-order valence-corrected chi connectivity index (χ4v) is 4.06. The first-order valence-corrected chi connectivity index (χ1v) is 12.5. The zero-order chi connectivity index (χ0) is 28.2. The molecular weight excluding hydrogens is 535 g/mol. The van der Waals surface area contributed by atoms with Crippen LogP contribution in [0.5, 0.6) is 5.75 Å². The van der Waals surface area contributed by atoms with Crippen LogP contribution < -0.4 is 10.5 Å². The van der Waals surface area contributed by atoms with Crippen LogP contribution in [0.1, 0.15) is 40.9 Å². The zero-order valence-electron chi connectivity index (χ0n) is 21.2. The highest BCUT2D eigenvalue weighted by Gasteiger charge is 2.30. The number of aromatic nitrogens is 2. The largest absolute Gasteiger partial charge is 0.437 e. The zero-order valence-corrected chi connectivity index (χ0v) is 21.9. The van der Waals surface area contributed by atoms with Gasteiger partial charge in [-0.15, -0.1) is 5.10 Å². The van der Waals surface area contributed by atoms with E-state index in [9.17, 15) is 22.8 Å². The van der Waals surface area contributed by atoms with E-state index in [4.69, 9.17) is 20.8 Å². The smallest absolute Gasteiger partial charge is 0.423 e.